The molecule has 0 spiro atoms. The molecule has 5 nitrogen and oxygen atoms in total. The van der Waals surface area contributed by atoms with E-state index in [1.54, 1.807) is 31.4 Å². The summed E-state index contributed by atoms with van der Waals surface area (Å²) >= 11 is 0. The normalized spacial score (nSPS) is 38.3. The molecule has 4 aliphatic carbocycles. The Bertz CT molecular complexity index is 707. The fourth-order valence-corrected chi connectivity index (χ4v) is 6.40. The minimum absolute atomic E-state index is 0.0886. The van der Waals surface area contributed by atoms with Crippen molar-refractivity contribution in [3.05, 3.63) is 24.3 Å². The molecule has 5 heteroatoms. The number of carbonyl (C=O) groups is 2. The third-order valence-corrected chi connectivity index (χ3v) is 7.00. The van der Waals surface area contributed by atoms with Gasteiger partial charge in [-0.2, -0.15) is 0 Å². The molecule has 1 aromatic rings. The number of carbonyl (C=O) groups excluding carboxylic acids is 2. The maximum absolute atomic E-state index is 13.0. The average Bonchev–Trinajstić information content (AvgIpc) is 2.87. The molecule has 1 heterocycles. The highest BCUT2D eigenvalue weighted by Gasteiger charge is 2.53. The van der Waals surface area contributed by atoms with Gasteiger partial charge < -0.3 is 4.74 Å². The number of ether oxygens (including phenoxy) is 1. The van der Waals surface area contributed by atoms with Gasteiger partial charge in [-0.3, -0.25) is 14.9 Å². The number of imide groups is 1. The minimum atomic E-state index is -0.374. The van der Waals surface area contributed by atoms with E-state index in [9.17, 15) is 9.59 Å². The summed E-state index contributed by atoms with van der Waals surface area (Å²) in [6.07, 6.45) is 7.93. The van der Waals surface area contributed by atoms with Gasteiger partial charge in [-0.1, -0.05) is 0 Å². The van der Waals surface area contributed by atoms with Crippen molar-refractivity contribution in [2.45, 2.75) is 56.5 Å². The van der Waals surface area contributed by atoms with Crippen LogP contribution >= 0.6 is 0 Å². The van der Waals surface area contributed by atoms with E-state index in [0.29, 0.717) is 5.69 Å². The van der Waals surface area contributed by atoms with Crippen LogP contribution in [0.25, 0.3) is 0 Å². The van der Waals surface area contributed by atoms with Crippen molar-refractivity contribution in [3.8, 4) is 5.75 Å². The number of amides is 2. The van der Waals surface area contributed by atoms with Crippen molar-refractivity contribution in [1.82, 2.24) is 5.32 Å². The average molecular weight is 354 g/mol. The third kappa shape index (κ3) is 2.56. The predicted octanol–water partition coefficient (Wildman–Crippen LogP) is 2.89. The van der Waals surface area contributed by atoms with Crippen LogP contribution in [0.5, 0.6) is 5.75 Å². The van der Waals surface area contributed by atoms with Crippen LogP contribution in [0, 0.1) is 17.8 Å². The Hall–Kier alpha value is -1.88. The highest BCUT2D eigenvalue weighted by molar-refractivity contribution is 6.22. The lowest BCUT2D eigenvalue weighted by molar-refractivity contribution is -0.122. The molecule has 5 fully saturated rings. The molecule has 0 aromatic heterocycles. The third-order valence-electron chi connectivity index (χ3n) is 7.00. The van der Waals surface area contributed by atoms with Crippen LogP contribution in [0.1, 0.15) is 44.9 Å². The Labute approximate surface area is 154 Å². The van der Waals surface area contributed by atoms with Gasteiger partial charge in [-0.15, -0.1) is 0 Å². The highest BCUT2D eigenvalue weighted by Crippen LogP contribution is 2.55. The molecule has 138 valence electrons. The second kappa shape index (κ2) is 5.81. The summed E-state index contributed by atoms with van der Waals surface area (Å²) in [5.74, 6) is 2.96. The summed E-state index contributed by atoms with van der Waals surface area (Å²) in [5, 5.41) is 3.69. The number of methoxy groups -OCH3 is 1. The van der Waals surface area contributed by atoms with Crippen molar-refractivity contribution in [2.75, 3.05) is 12.0 Å². The van der Waals surface area contributed by atoms with E-state index in [0.717, 1.165) is 23.5 Å². The number of anilines is 1. The topological polar surface area (TPSA) is 58.6 Å². The molecule has 1 aliphatic heterocycles. The van der Waals surface area contributed by atoms with Gasteiger partial charge in [0.05, 0.1) is 25.3 Å². The van der Waals surface area contributed by atoms with Crippen molar-refractivity contribution in [1.29, 1.82) is 0 Å². The van der Waals surface area contributed by atoms with Gasteiger partial charge in [0.15, 0.2) is 0 Å². The first-order chi connectivity index (χ1) is 12.5. The zero-order valence-corrected chi connectivity index (χ0v) is 15.2. The van der Waals surface area contributed by atoms with Gasteiger partial charge in [-0.05, 0) is 80.5 Å². The van der Waals surface area contributed by atoms with E-state index in [1.807, 2.05) is 0 Å². The van der Waals surface area contributed by atoms with E-state index >= 15 is 0 Å². The second-order valence-electron chi connectivity index (χ2n) is 8.86. The van der Waals surface area contributed by atoms with Crippen molar-refractivity contribution in [2.24, 2.45) is 17.8 Å². The van der Waals surface area contributed by atoms with Crippen molar-refractivity contribution < 1.29 is 14.3 Å². The van der Waals surface area contributed by atoms with E-state index in [4.69, 9.17) is 4.74 Å². The largest absolute Gasteiger partial charge is 0.497 e. The molecule has 0 unspecified atom stereocenters. The first-order valence-electron chi connectivity index (χ1n) is 9.84. The molecule has 1 N–H and O–H groups in total. The Kier molecular flexibility index (Phi) is 3.64. The summed E-state index contributed by atoms with van der Waals surface area (Å²) in [4.78, 5) is 26.9. The lowest BCUT2D eigenvalue weighted by Crippen LogP contribution is -2.61. The predicted molar refractivity (Wildman–Crippen MR) is 97.9 cm³/mol. The lowest BCUT2D eigenvalue weighted by Gasteiger charge is -2.57. The Balaban J connectivity index is 1.35. The summed E-state index contributed by atoms with van der Waals surface area (Å²) in [5.41, 5.74) is 0.723. The molecule has 0 radical (unpaired) electrons. The molecule has 1 saturated heterocycles. The monoisotopic (exact) mass is 354 g/mol. The number of rotatable bonds is 4. The van der Waals surface area contributed by atoms with Gasteiger partial charge >= 0.3 is 0 Å². The molecule has 26 heavy (non-hydrogen) atoms. The molecule has 4 saturated carbocycles. The van der Waals surface area contributed by atoms with Crippen molar-refractivity contribution >= 4 is 17.5 Å². The Morgan fingerprint density at radius 1 is 1.00 bits per heavy atom. The van der Waals surface area contributed by atoms with Gasteiger partial charge in [0.25, 0.3) is 5.91 Å². The number of hydrogen-bond donors (Lipinski definition) is 1. The first-order valence-corrected chi connectivity index (χ1v) is 9.84. The minimum Gasteiger partial charge on any atom is -0.497 e. The van der Waals surface area contributed by atoms with Crippen LogP contribution in [0.3, 0.4) is 0 Å². The summed E-state index contributed by atoms with van der Waals surface area (Å²) < 4.78 is 5.16. The van der Waals surface area contributed by atoms with Crippen LogP contribution in [-0.2, 0) is 9.59 Å². The summed E-state index contributed by atoms with van der Waals surface area (Å²) in [7, 11) is 1.60. The smallest absolute Gasteiger partial charge is 0.251 e. The Morgan fingerprint density at radius 2 is 1.58 bits per heavy atom. The maximum Gasteiger partial charge on any atom is 0.251 e. The first kappa shape index (κ1) is 16.3. The van der Waals surface area contributed by atoms with Crippen molar-refractivity contribution in [3.63, 3.8) is 0 Å². The fraction of sp³-hybridized carbons (Fsp3) is 0.619. The number of benzene rings is 1. The molecule has 4 bridgehead atoms. The van der Waals surface area contributed by atoms with Gasteiger partial charge in [-0.25, -0.2) is 4.90 Å². The number of nitrogens with zero attached hydrogens (tertiary/aromatic N) is 1. The van der Waals surface area contributed by atoms with Crippen LogP contribution in [0.15, 0.2) is 24.3 Å². The summed E-state index contributed by atoms with van der Waals surface area (Å²) in [6, 6.07) is 6.76. The molecular weight excluding hydrogens is 328 g/mol. The van der Waals surface area contributed by atoms with Gasteiger partial charge in [0, 0.05) is 5.54 Å². The van der Waals surface area contributed by atoms with E-state index in [2.05, 4.69) is 5.32 Å². The fourth-order valence-electron chi connectivity index (χ4n) is 6.40. The summed E-state index contributed by atoms with van der Waals surface area (Å²) in [6.45, 7) is 0. The highest BCUT2D eigenvalue weighted by atomic mass is 16.5. The Morgan fingerprint density at radius 3 is 2.12 bits per heavy atom. The molecule has 1 atom stereocenters. The molecular formula is C21H26N2O3. The molecule has 2 amide bonds. The van der Waals surface area contributed by atoms with Gasteiger partial charge in [0.1, 0.15) is 5.75 Å². The quantitative estimate of drug-likeness (QED) is 0.845. The molecule has 6 rings (SSSR count). The van der Waals surface area contributed by atoms with Crippen LogP contribution in [-0.4, -0.2) is 30.5 Å². The molecule has 1 aromatic carbocycles. The SMILES string of the molecule is COc1ccc(N2C(=O)C[C@@H](NC34CC5CC(CC(C5)C3)C4)C2=O)cc1. The van der Waals surface area contributed by atoms with E-state index in [1.165, 1.54) is 43.4 Å². The number of hydrogen-bond acceptors (Lipinski definition) is 4. The number of nitrogens with one attached hydrogen (secondary N) is 1. The van der Waals surface area contributed by atoms with Crippen LogP contribution in [0.4, 0.5) is 5.69 Å². The van der Waals surface area contributed by atoms with E-state index < -0.39 is 0 Å². The zero-order chi connectivity index (χ0) is 17.9. The lowest BCUT2D eigenvalue weighted by atomic mass is 9.53. The second-order valence-corrected chi connectivity index (χ2v) is 8.86. The maximum atomic E-state index is 13.0. The van der Waals surface area contributed by atoms with Crippen LogP contribution in [0.2, 0.25) is 0 Å². The molecule has 5 aliphatic rings. The zero-order valence-electron chi connectivity index (χ0n) is 15.2. The van der Waals surface area contributed by atoms with E-state index in [-0.39, 0.29) is 29.8 Å². The van der Waals surface area contributed by atoms with Gasteiger partial charge in [0.2, 0.25) is 5.91 Å². The standard InChI is InChI=1S/C21H26N2O3/c1-26-17-4-2-16(3-5-17)23-19(24)9-18(20(23)25)22-21-10-13-6-14(11-21)8-15(7-13)12-21/h2-5,13-15,18,22H,6-12H2,1H3/t13?,14?,15?,18-,21?/m1/s1. The van der Waals surface area contributed by atoms with Crippen LogP contribution < -0.4 is 15.0 Å².